The summed E-state index contributed by atoms with van der Waals surface area (Å²) in [5, 5.41) is 2.87. The second-order valence-electron chi connectivity index (χ2n) is 4.38. The van der Waals surface area contributed by atoms with E-state index >= 15 is 0 Å². The van der Waals surface area contributed by atoms with Gasteiger partial charge in [-0.15, -0.1) is 0 Å². The van der Waals surface area contributed by atoms with Crippen molar-refractivity contribution in [1.82, 2.24) is 0 Å². The van der Waals surface area contributed by atoms with Gasteiger partial charge >= 0.3 is 0 Å². The van der Waals surface area contributed by atoms with Gasteiger partial charge in [0.2, 0.25) is 5.91 Å². The van der Waals surface area contributed by atoms with Gasteiger partial charge in [-0.2, -0.15) is 0 Å². The lowest BCUT2D eigenvalue weighted by molar-refractivity contribution is -0.116. The van der Waals surface area contributed by atoms with Crippen molar-refractivity contribution in [3.05, 3.63) is 29.8 Å². The van der Waals surface area contributed by atoms with Crippen LogP contribution in [-0.2, 0) is 11.2 Å². The molecule has 0 aromatic heterocycles. The number of carbonyl (C=O) groups is 1. The second-order valence-corrected chi connectivity index (χ2v) is 4.38. The zero-order chi connectivity index (χ0) is 12.0. The van der Waals surface area contributed by atoms with Crippen LogP contribution in [0.1, 0.15) is 25.8 Å². The number of hydrogen-bond acceptors (Lipinski definition) is 2. The Morgan fingerprint density at radius 1 is 1.31 bits per heavy atom. The minimum absolute atomic E-state index is 0.0709. The van der Waals surface area contributed by atoms with Crippen LogP contribution in [0.4, 0.5) is 5.69 Å². The standard InChI is InChI=1S/C13H20N2O/c1-10(2)9-13(16)15-12-5-3-11(4-6-12)7-8-14/h3-6,10H,7-9,14H2,1-2H3,(H,15,16). The first-order valence-electron chi connectivity index (χ1n) is 5.70. The molecule has 3 N–H and O–H groups in total. The van der Waals surface area contributed by atoms with E-state index in [-0.39, 0.29) is 5.91 Å². The molecule has 0 aliphatic heterocycles. The van der Waals surface area contributed by atoms with Crippen molar-refractivity contribution in [2.45, 2.75) is 26.7 Å². The predicted octanol–water partition coefficient (Wildman–Crippen LogP) is 2.17. The van der Waals surface area contributed by atoms with Crippen molar-refractivity contribution >= 4 is 11.6 Å². The summed E-state index contributed by atoms with van der Waals surface area (Å²) in [6.45, 7) is 4.72. The fraction of sp³-hybridized carbons (Fsp3) is 0.462. The molecule has 0 aliphatic rings. The molecule has 1 rings (SSSR count). The van der Waals surface area contributed by atoms with Crippen LogP contribution in [-0.4, -0.2) is 12.5 Å². The molecule has 0 radical (unpaired) electrons. The van der Waals surface area contributed by atoms with Gasteiger partial charge in [0.1, 0.15) is 0 Å². The minimum Gasteiger partial charge on any atom is -0.330 e. The maximum absolute atomic E-state index is 11.5. The Labute approximate surface area is 97.0 Å². The monoisotopic (exact) mass is 220 g/mol. The summed E-state index contributed by atoms with van der Waals surface area (Å²) in [4.78, 5) is 11.5. The van der Waals surface area contributed by atoms with E-state index in [1.807, 2.05) is 38.1 Å². The lowest BCUT2D eigenvalue weighted by Crippen LogP contribution is -2.13. The number of anilines is 1. The summed E-state index contributed by atoms with van der Waals surface area (Å²) in [5.41, 5.74) is 7.52. The van der Waals surface area contributed by atoms with Crippen molar-refractivity contribution in [2.24, 2.45) is 11.7 Å². The molecule has 0 saturated heterocycles. The Morgan fingerprint density at radius 2 is 1.94 bits per heavy atom. The average molecular weight is 220 g/mol. The van der Waals surface area contributed by atoms with E-state index in [0.29, 0.717) is 18.9 Å². The van der Waals surface area contributed by atoms with E-state index in [1.165, 1.54) is 5.56 Å². The summed E-state index contributed by atoms with van der Waals surface area (Å²) in [6, 6.07) is 7.84. The minimum atomic E-state index is 0.0709. The lowest BCUT2D eigenvalue weighted by atomic mass is 10.1. The first kappa shape index (κ1) is 12.7. The topological polar surface area (TPSA) is 55.1 Å². The molecule has 3 heteroatoms. The van der Waals surface area contributed by atoms with Gasteiger partial charge in [0.15, 0.2) is 0 Å². The molecule has 0 saturated carbocycles. The Kier molecular flexibility index (Phi) is 4.99. The summed E-state index contributed by atoms with van der Waals surface area (Å²) < 4.78 is 0. The third-order valence-corrected chi connectivity index (χ3v) is 2.26. The Morgan fingerprint density at radius 3 is 2.44 bits per heavy atom. The van der Waals surface area contributed by atoms with Gasteiger partial charge in [-0.1, -0.05) is 26.0 Å². The van der Waals surface area contributed by atoms with Gasteiger partial charge in [0, 0.05) is 12.1 Å². The molecule has 88 valence electrons. The zero-order valence-electron chi connectivity index (χ0n) is 9.99. The van der Waals surface area contributed by atoms with E-state index in [2.05, 4.69) is 5.32 Å². The zero-order valence-corrected chi connectivity index (χ0v) is 9.99. The van der Waals surface area contributed by atoms with Crippen LogP contribution in [0.3, 0.4) is 0 Å². The van der Waals surface area contributed by atoms with Gasteiger partial charge in [0.25, 0.3) is 0 Å². The fourth-order valence-electron chi connectivity index (χ4n) is 1.50. The number of rotatable bonds is 5. The van der Waals surface area contributed by atoms with Gasteiger partial charge in [-0.3, -0.25) is 4.79 Å². The average Bonchev–Trinajstić information content (AvgIpc) is 2.20. The molecule has 0 aliphatic carbocycles. The molecular weight excluding hydrogens is 200 g/mol. The Balaban J connectivity index is 2.51. The third-order valence-electron chi connectivity index (χ3n) is 2.26. The number of nitrogens with one attached hydrogen (secondary N) is 1. The second kappa shape index (κ2) is 6.28. The first-order chi connectivity index (χ1) is 7.61. The highest BCUT2D eigenvalue weighted by atomic mass is 16.1. The number of benzene rings is 1. The van der Waals surface area contributed by atoms with Crippen LogP contribution in [0.25, 0.3) is 0 Å². The molecule has 1 amide bonds. The van der Waals surface area contributed by atoms with Gasteiger partial charge in [0.05, 0.1) is 0 Å². The number of amides is 1. The molecule has 0 fully saturated rings. The molecule has 16 heavy (non-hydrogen) atoms. The van der Waals surface area contributed by atoms with Crippen molar-refractivity contribution in [3.63, 3.8) is 0 Å². The third kappa shape index (κ3) is 4.45. The normalized spacial score (nSPS) is 10.5. The fourth-order valence-corrected chi connectivity index (χ4v) is 1.50. The molecule has 3 nitrogen and oxygen atoms in total. The van der Waals surface area contributed by atoms with E-state index < -0.39 is 0 Å². The molecular formula is C13H20N2O. The van der Waals surface area contributed by atoms with Crippen molar-refractivity contribution in [1.29, 1.82) is 0 Å². The summed E-state index contributed by atoms with van der Waals surface area (Å²) >= 11 is 0. The van der Waals surface area contributed by atoms with Crippen LogP contribution in [0.15, 0.2) is 24.3 Å². The molecule has 0 unspecified atom stereocenters. The van der Waals surface area contributed by atoms with Crippen molar-refractivity contribution < 1.29 is 4.79 Å². The number of carbonyl (C=O) groups excluding carboxylic acids is 1. The summed E-state index contributed by atoms with van der Waals surface area (Å²) in [6.07, 6.45) is 1.44. The molecule has 0 atom stereocenters. The maximum atomic E-state index is 11.5. The Hall–Kier alpha value is -1.35. The number of nitrogens with two attached hydrogens (primary N) is 1. The maximum Gasteiger partial charge on any atom is 0.224 e. The van der Waals surface area contributed by atoms with Crippen molar-refractivity contribution in [3.8, 4) is 0 Å². The predicted molar refractivity (Wildman–Crippen MR) is 67.3 cm³/mol. The lowest BCUT2D eigenvalue weighted by Gasteiger charge is -2.07. The van der Waals surface area contributed by atoms with Crippen LogP contribution in [0.5, 0.6) is 0 Å². The molecule has 1 aromatic carbocycles. The van der Waals surface area contributed by atoms with E-state index in [9.17, 15) is 4.79 Å². The highest BCUT2D eigenvalue weighted by Gasteiger charge is 2.04. The summed E-state index contributed by atoms with van der Waals surface area (Å²) in [7, 11) is 0. The largest absolute Gasteiger partial charge is 0.330 e. The van der Waals surface area contributed by atoms with Crippen LogP contribution in [0.2, 0.25) is 0 Å². The van der Waals surface area contributed by atoms with Gasteiger partial charge in [-0.25, -0.2) is 0 Å². The van der Waals surface area contributed by atoms with E-state index in [0.717, 1.165) is 12.1 Å². The molecule has 0 spiro atoms. The molecule has 1 aromatic rings. The smallest absolute Gasteiger partial charge is 0.224 e. The van der Waals surface area contributed by atoms with Gasteiger partial charge in [-0.05, 0) is 36.6 Å². The highest BCUT2D eigenvalue weighted by molar-refractivity contribution is 5.90. The molecule has 0 heterocycles. The molecule has 0 bridgehead atoms. The number of hydrogen-bond donors (Lipinski definition) is 2. The van der Waals surface area contributed by atoms with E-state index in [4.69, 9.17) is 5.73 Å². The van der Waals surface area contributed by atoms with Gasteiger partial charge < -0.3 is 11.1 Å². The first-order valence-corrected chi connectivity index (χ1v) is 5.70. The van der Waals surface area contributed by atoms with Crippen LogP contribution < -0.4 is 11.1 Å². The highest BCUT2D eigenvalue weighted by Crippen LogP contribution is 2.11. The van der Waals surface area contributed by atoms with Crippen molar-refractivity contribution in [2.75, 3.05) is 11.9 Å². The summed E-state index contributed by atoms with van der Waals surface area (Å²) in [5.74, 6) is 0.457. The van der Waals surface area contributed by atoms with E-state index in [1.54, 1.807) is 0 Å². The van der Waals surface area contributed by atoms with Crippen LogP contribution in [0, 0.1) is 5.92 Å². The quantitative estimate of drug-likeness (QED) is 0.799. The Bertz CT molecular complexity index is 330. The van der Waals surface area contributed by atoms with Crippen LogP contribution >= 0.6 is 0 Å². The SMILES string of the molecule is CC(C)CC(=O)Nc1ccc(CCN)cc1.